The van der Waals surface area contributed by atoms with Crippen molar-refractivity contribution in [3.63, 3.8) is 0 Å². The van der Waals surface area contributed by atoms with Crippen LogP contribution < -0.4 is 5.32 Å². The van der Waals surface area contributed by atoms with E-state index in [1.807, 2.05) is 25.1 Å². The number of benzene rings is 2. The Bertz CT molecular complexity index is 986. The molecule has 0 aromatic heterocycles. The van der Waals surface area contributed by atoms with E-state index in [2.05, 4.69) is 5.32 Å². The summed E-state index contributed by atoms with van der Waals surface area (Å²) >= 11 is 18.3. The van der Waals surface area contributed by atoms with Gasteiger partial charge in [-0.2, -0.15) is 4.31 Å². The highest BCUT2D eigenvalue weighted by atomic mass is 35.5. The molecule has 156 valence electrons. The van der Waals surface area contributed by atoms with E-state index >= 15 is 0 Å². The fourth-order valence-electron chi connectivity index (χ4n) is 3.45. The Balaban J connectivity index is 1.64. The van der Waals surface area contributed by atoms with Gasteiger partial charge in [0.05, 0.1) is 16.1 Å². The van der Waals surface area contributed by atoms with Gasteiger partial charge in [0, 0.05) is 24.0 Å². The number of nitrogens with zero attached hydrogens (tertiary/aromatic N) is 1. The molecule has 0 bridgehead atoms. The molecular formula is C20H21Cl3N2O3S. The van der Waals surface area contributed by atoms with Crippen LogP contribution in [0.5, 0.6) is 0 Å². The van der Waals surface area contributed by atoms with Gasteiger partial charge in [-0.15, -0.1) is 0 Å². The molecule has 0 saturated carbocycles. The molecule has 1 N–H and O–H groups in total. The minimum atomic E-state index is -3.82. The van der Waals surface area contributed by atoms with Gasteiger partial charge >= 0.3 is 0 Å². The number of halogens is 3. The third-order valence-corrected chi connectivity index (χ3v) is 8.27. The second-order valence-electron chi connectivity index (χ2n) is 6.98. The maximum Gasteiger partial charge on any atom is 0.246 e. The number of hydrogen-bond donors (Lipinski definition) is 1. The number of carbonyl (C=O) groups is 1. The second-order valence-corrected chi connectivity index (χ2v) is 10.1. The Labute approximate surface area is 186 Å². The lowest BCUT2D eigenvalue weighted by Gasteiger charge is -2.31. The van der Waals surface area contributed by atoms with Crippen molar-refractivity contribution < 1.29 is 13.2 Å². The van der Waals surface area contributed by atoms with Crippen molar-refractivity contribution in [3.8, 4) is 0 Å². The Morgan fingerprint density at radius 2 is 1.55 bits per heavy atom. The Morgan fingerprint density at radius 3 is 2.14 bits per heavy atom. The Morgan fingerprint density at radius 1 is 1.00 bits per heavy atom. The molecule has 0 radical (unpaired) electrons. The maximum absolute atomic E-state index is 12.9. The molecular weight excluding hydrogens is 455 g/mol. The first kappa shape index (κ1) is 22.4. The molecule has 1 aliphatic rings. The predicted molar refractivity (Wildman–Crippen MR) is 116 cm³/mol. The topological polar surface area (TPSA) is 66.5 Å². The first-order valence-electron chi connectivity index (χ1n) is 9.20. The van der Waals surface area contributed by atoms with E-state index in [0.717, 1.165) is 5.56 Å². The zero-order chi connectivity index (χ0) is 21.2. The van der Waals surface area contributed by atoms with Crippen LogP contribution in [-0.4, -0.2) is 31.7 Å². The zero-order valence-corrected chi connectivity index (χ0v) is 18.8. The molecule has 1 atom stereocenters. The fraction of sp³-hybridized carbons (Fsp3) is 0.350. The van der Waals surface area contributed by atoms with Crippen molar-refractivity contribution in [3.05, 3.63) is 63.1 Å². The van der Waals surface area contributed by atoms with Crippen LogP contribution in [0, 0.1) is 5.92 Å². The second kappa shape index (κ2) is 9.23. The van der Waals surface area contributed by atoms with Crippen molar-refractivity contribution in [2.24, 2.45) is 5.92 Å². The molecule has 1 heterocycles. The molecule has 3 rings (SSSR count). The first-order chi connectivity index (χ1) is 13.7. The molecule has 2 aromatic rings. The molecule has 9 heteroatoms. The van der Waals surface area contributed by atoms with Crippen LogP contribution in [0.2, 0.25) is 15.1 Å². The van der Waals surface area contributed by atoms with Gasteiger partial charge < -0.3 is 5.32 Å². The standard InChI is InChI=1S/C20H21Cl3N2O3S/c1-13(15-5-2-3-6-16(15)21)24-20(26)14-9-11-25(12-10-14)29(27,28)19-17(22)7-4-8-18(19)23/h2-8,13-14H,9-12H2,1H3,(H,24,26). The summed E-state index contributed by atoms with van der Waals surface area (Å²) in [7, 11) is -3.82. The van der Waals surface area contributed by atoms with E-state index < -0.39 is 10.0 Å². The van der Waals surface area contributed by atoms with Crippen LogP contribution in [0.15, 0.2) is 47.4 Å². The van der Waals surface area contributed by atoms with Gasteiger partial charge in [-0.05, 0) is 43.5 Å². The summed E-state index contributed by atoms with van der Waals surface area (Å²) in [5.74, 6) is -0.377. The minimum Gasteiger partial charge on any atom is -0.349 e. The highest BCUT2D eigenvalue weighted by molar-refractivity contribution is 7.89. The normalized spacial score (nSPS) is 17.1. The lowest BCUT2D eigenvalue weighted by atomic mass is 9.96. The molecule has 1 amide bonds. The highest BCUT2D eigenvalue weighted by Crippen LogP contribution is 2.33. The number of carbonyl (C=O) groups excluding carboxylic acids is 1. The number of piperidine rings is 1. The van der Waals surface area contributed by atoms with E-state index in [1.54, 1.807) is 12.1 Å². The van der Waals surface area contributed by atoms with E-state index in [-0.39, 0.29) is 45.9 Å². The van der Waals surface area contributed by atoms with E-state index in [4.69, 9.17) is 34.8 Å². The molecule has 1 saturated heterocycles. The molecule has 1 unspecified atom stereocenters. The van der Waals surface area contributed by atoms with Gasteiger partial charge in [-0.1, -0.05) is 59.1 Å². The Kier molecular flexibility index (Phi) is 7.12. The number of hydrogen-bond acceptors (Lipinski definition) is 3. The zero-order valence-electron chi connectivity index (χ0n) is 15.7. The first-order valence-corrected chi connectivity index (χ1v) is 11.8. The smallest absolute Gasteiger partial charge is 0.246 e. The van der Waals surface area contributed by atoms with E-state index in [0.29, 0.717) is 17.9 Å². The van der Waals surface area contributed by atoms with Gasteiger partial charge in [-0.25, -0.2) is 8.42 Å². The van der Waals surface area contributed by atoms with Crippen LogP contribution in [0.1, 0.15) is 31.4 Å². The molecule has 0 spiro atoms. The molecule has 1 fully saturated rings. The minimum absolute atomic E-state index is 0.0847. The summed E-state index contributed by atoms with van der Waals surface area (Å²) in [6, 6.07) is 11.7. The van der Waals surface area contributed by atoms with Gasteiger partial charge in [0.25, 0.3) is 0 Å². The average Bonchev–Trinajstić information content (AvgIpc) is 2.68. The quantitative estimate of drug-likeness (QED) is 0.667. The predicted octanol–water partition coefficient (Wildman–Crippen LogP) is 4.92. The van der Waals surface area contributed by atoms with Crippen molar-refractivity contribution in [1.82, 2.24) is 9.62 Å². The van der Waals surface area contributed by atoms with Crippen LogP contribution >= 0.6 is 34.8 Å². The van der Waals surface area contributed by atoms with Crippen LogP contribution in [0.4, 0.5) is 0 Å². The third kappa shape index (κ3) is 4.89. The van der Waals surface area contributed by atoms with Crippen LogP contribution in [-0.2, 0) is 14.8 Å². The number of amides is 1. The number of sulfonamides is 1. The number of nitrogens with one attached hydrogen (secondary N) is 1. The molecule has 29 heavy (non-hydrogen) atoms. The van der Waals surface area contributed by atoms with Gasteiger partial charge in [0.2, 0.25) is 15.9 Å². The molecule has 5 nitrogen and oxygen atoms in total. The largest absolute Gasteiger partial charge is 0.349 e. The lowest BCUT2D eigenvalue weighted by molar-refractivity contribution is -0.126. The Hall–Kier alpha value is -1.31. The summed E-state index contributed by atoms with van der Waals surface area (Å²) in [4.78, 5) is 12.6. The molecule has 2 aromatic carbocycles. The maximum atomic E-state index is 12.9. The fourth-order valence-corrected chi connectivity index (χ4v) is 6.31. The van der Waals surface area contributed by atoms with Gasteiger partial charge in [0.15, 0.2) is 0 Å². The third-order valence-electron chi connectivity index (χ3n) is 5.07. The molecule has 0 aliphatic carbocycles. The van der Waals surface area contributed by atoms with Crippen LogP contribution in [0.25, 0.3) is 0 Å². The average molecular weight is 476 g/mol. The van der Waals surface area contributed by atoms with Gasteiger partial charge in [0.1, 0.15) is 4.90 Å². The van der Waals surface area contributed by atoms with Crippen molar-refractivity contribution >= 4 is 50.7 Å². The summed E-state index contributed by atoms with van der Waals surface area (Å²) in [5.41, 5.74) is 0.843. The summed E-state index contributed by atoms with van der Waals surface area (Å²) in [6.45, 7) is 2.32. The van der Waals surface area contributed by atoms with E-state index in [1.165, 1.54) is 16.4 Å². The number of rotatable bonds is 5. The summed E-state index contributed by atoms with van der Waals surface area (Å²) < 4.78 is 27.2. The summed E-state index contributed by atoms with van der Waals surface area (Å²) in [5, 5.41) is 3.75. The molecule has 1 aliphatic heterocycles. The van der Waals surface area contributed by atoms with E-state index in [9.17, 15) is 13.2 Å². The van der Waals surface area contributed by atoms with Crippen LogP contribution in [0.3, 0.4) is 0 Å². The lowest BCUT2D eigenvalue weighted by Crippen LogP contribution is -2.43. The van der Waals surface area contributed by atoms with Crippen molar-refractivity contribution in [1.29, 1.82) is 0 Å². The highest BCUT2D eigenvalue weighted by Gasteiger charge is 2.34. The van der Waals surface area contributed by atoms with Gasteiger partial charge in [-0.3, -0.25) is 4.79 Å². The van der Waals surface area contributed by atoms with Crippen molar-refractivity contribution in [2.45, 2.75) is 30.7 Å². The monoisotopic (exact) mass is 474 g/mol. The summed E-state index contributed by atoms with van der Waals surface area (Å²) in [6.07, 6.45) is 0.838. The van der Waals surface area contributed by atoms with Crippen molar-refractivity contribution in [2.75, 3.05) is 13.1 Å². The SMILES string of the molecule is CC(NC(=O)C1CCN(S(=O)(=O)c2c(Cl)cccc2Cl)CC1)c1ccccc1Cl.